The van der Waals surface area contributed by atoms with Crippen LogP contribution in [0, 0.1) is 0 Å². The number of hydrogen-bond donors (Lipinski definition) is 1. The zero-order valence-corrected chi connectivity index (χ0v) is 11.4. The summed E-state index contributed by atoms with van der Waals surface area (Å²) in [6.07, 6.45) is 1.01. The van der Waals surface area contributed by atoms with Crippen LogP contribution in [-0.2, 0) is 9.53 Å². The molecule has 0 aromatic carbocycles. The molecule has 0 fully saturated rings. The van der Waals surface area contributed by atoms with E-state index in [1.165, 1.54) is 0 Å². The zero-order valence-electron chi connectivity index (χ0n) is 10.6. The van der Waals surface area contributed by atoms with Crippen molar-refractivity contribution >= 4 is 23.0 Å². The van der Waals surface area contributed by atoms with Gasteiger partial charge in [-0.05, 0) is 44.7 Å². The lowest BCUT2D eigenvalue weighted by molar-refractivity contribution is -0.110. The molecule has 1 amide bonds. The van der Waals surface area contributed by atoms with Crippen molar-refractivity contribution in [3.63, 3.8) is 0 Å². The number of ether oxygens (including phenoxy) is 1. The van der Waals surface area contributed by atoms with E-state index in [2.05, 4.69) is 10.3 Å². The first kappa shape index (κ1) is 14.5. The molecule has 0 aliphatic carbocycles. The smallest absolute Gasteiger partial charge is 0.408 e. The van der Waals surface area contributed by atoms with Gasteiger partial charge in [-0.1, -0.05) is 6.07 Å². The van der Waals surface area contributed by atoms with Gasteiger partial charge in [0.05, 0.1) is 6.54 Å². The van der Waals surface area contributed by atoms with Gasteiger partial charge in [-0.3, -0.25) is 4.79 Å². The van der Waals surface area contributed by atoms with Crippen molar-refractivity contribution in [2.45, 2.75) is 31.4 Å². The van der Waals surface area contributed by atoms with Gasteiger partial charge in [-0.15, -0.1) is 0 Å². The number of carbonyl (C=O) groups is 2. The molecule has 0 bridgehead atoms. The maximum absolute atomic E-state index is 11.5. The molecule has 0 saturated carbocycles. The molecule has 0 aliphatic heterocycles. The average Bonchev–Trinajstić information content (AvgIpc) is 2.25. The lowest BCUT2D eigenvalue weighted by atomic mass is 10.2. The molecule has 0 unspecified atom stereocenters. The number of amides is 1. The van der Waals surface area contributed by atoms with Gasteiger partial charge in [-0.2, -0.15) is 0 Å². The predicted molar refractivity (Wildman–Crippen MR) is 69.3 cm³/mol. The highest BCUT2D eigenvalue weighted by Crippen LogP contribution is 2.14. The molecule has 5 nitrogen and oxygen atoms in total. The minimum Gasteiger partial charge on any atom is -0.444 e. The Morgan fingerprint density at radius 1 is 1.39 bits per heavy atom. The highest BCUT2D eigenvalue weighted by Gasteiger charge is 2.16. The molecule has 6 heteroatoms. The van der Waals surface area contributed by atoms with Crippen molar-refractivity contribution in [2.24, 2.45) is 0 Å². The minimum atomic E-state index is -0.600. The SMILES string of the molecule is CC(C)(C)OC(=O)NCC(=O)Sc1ccccn1. The molecule has 18 heavy (non-hydrogen) atoms. The van der Waals surface area contributed by atoms with Crippen LogP contribution in [0.2, 0.25) is 0 Å². The van der Waals surface area contributed by atoms with Crippen LogP contribution in [0.25, 0.3) is 0 Å². The van der Waals surface area contributed by atoms with Crippen molar-refractivity contribution in [1.29, 1.82) is 0 Å². The number of nitrogens with zero attached hydrogens (tertiary/aromatic N) is 1. The third-order valence-corrected chi connectivity index (χ3v) is 2.45. The third-order valence-electron chi connectivity index (χ3n) is 1.63. The van der Waals surface area contributed by atoms with E-state index in [1.807, 2.05) is 0 Å². The Morgan fingerprint density at radius 3 is 2.67 bits per heavy atom. The van der Waals surface area contributed by atoms with Gasteiger partial charge in [0.25, 0.3) is 0 Å². The Balaban J connectivity index is 2.32. The molecule has 0 saturated heterocycles. The van der Waals surface area contributed by atoms with Crippen molar-refractivity contribution < 1.29 is 14.3 Å². The number of hydrogen-bond acceptors (Lipinski definition) is 5. The molecule has 1 aromatic rings. The van der Waals surface area contributed by atoms with Crippen molar-refractivity contribution in [3.05, 3.63) is 24.4 Å². The first-order valence-corrected chi connectivity index (χ1v) is 6.27. The molecule has 0 aliphatic rings. The Morgan fingerprint density at radius 2 is 2.11 bits per heavy atom. The van der Waals surface area contributed by atoms with Gasteiger partial charge in [0.15, 0.2) is 0 Å². The molecule has 0 radical (unpaired) electrons. The highest BCUT2D eigenvalue weighted by molar-refractivity contribution is 8.13. The molecule has 1 aromatic heterocycles. The number of alkyl carbamates (subject to hydrolysis) is 1. The van der Waals surface area contributed by atoms with E-state index in [9.17, 15) is 9.59 Å². The monoisotopic (exact) mass is 268 g/mol. The first-order chi connectivity index (χ1) is 8.37. The summed E-state index contributed by atoms with van der Waals surface area (Å²) in [5.41, 5.74) is -0.568. The molecule has 98 valence electrons. The van der Waals surface area contributed by atoms with Gasteiger partial charge in [0.2, 0.25) is 5.12 Å². The van der Waals surface area contributed by atoms with Crippen molar-refractivity contribution in [2.75, 3.05) is 6.54 Å². The van der Waals surface area contributed by atoms with Crippen LogP contribution in [0.5, 0.6) is 0 Å². The first-order valence-electron chi connectivity index (χ1n) is 5.45. The predicted octanol–water partition coefficient (Wildman–Crippen LogP) is 2.22. The van der Waals surface area contributed by atoms with E-state index in [0.29, 0.717) is 5.03 Å². The summed E-state index contributed by atoms with van der Waals surface area (Å²) in [7, 11) is 0. The minimum absolute atomic E-state index is 0.0871. The molecule has 1 rings (SSSR count). The van der Waals surface area contributed by atoms with Gasteiger partial charge >= 0.3 is 6.09 Å². The number of aromatic nitrogens is 1. The molecular formula is C12H16N2O3S. The summed E-state index contributed by atoms with van der Waals surface area (Å²) in [5.74, 6) is 0. The second-order valence-electron chi connectivity index (χ2n) is 4.50. The van der Waals surface area contributed by atoms with Crippen molar-refractivity contribution in [3.8, 4) is 0 Å². The maximum Gasteiger partial charge on any atom is 0.408 e. The summed E-state index contributed by atoms with van der Waals surface area (Å²) < 4.78 is 5.01. The standard InChI is InChI=1S/C12H16N2O3S/c1-12(2,3)17-11(16)14-8-10(15)18-9-6-4-5-7-13-9/h4-7H,8H2,1-3H3,(H,14,16). The molecule has 0 atom stereocenters. The fourth-order valence-electron chi connectivity index (χ4n) is 1.02. The fourth-order valence-corrected chi connectivity index (χ4v) is 1.66. The zero-order chi connectivity index (χ0) is 13.6. The second kappa shape index (κ2) is 6.39. The van der Waals surface area contributed by atoms with Crippen LogP contribution in [0.3, 0.4) is 0 Å². The number of thioether (sulfide) groups is 1. The number of rotatable bonds is 3. The Bertz CT molecular complexity index is 415. The number of pyridine rings is 1. The lowest BCUT2D eigenvalue weighted by Crippen LogP contribution is -2.34. The van der Waals surface area contributed by atoms with Crippen LogP contribution in [-0.4, -0.2) is 28.3 Å². The summed E-state index contributed by atoms with van der Waals surface area (Å²) in [6, 6.07) is 5.30. The Kier molecular flexibility index (Phi) is 5.15. The normalized spacial score (nSPS) is 10.8. The van der Waals surface area contributed by atoms with E-state index in [0.717, 1.165) is 11.8 Å². The maximum atomic E-state index is 11.5. The second-order valence-corrected chi connectivity index (χ2v) is 5.58. The van der Waals surface area contributed by atoms with E-state index < -0.39 is 11.7 Å². The number of nitrogens with one attached hydrogen (secondary N) is 1. The number of carbonyl (C=O) groups excluding carboxylic acids is 2. The topological polar surface area (TPSA) is 68.3 Å². The highest BCUT2D eigenvalue weighted by atomic mass is 32.2. The quantitative estimate of drug-likeness (QED) is 0.851. The average molecular weight is 268 g/mol. The Hall–Kier alpha value is -1.56. The van der Waals surface area contributed by atoms with Crippen molar-refractivity contribution in [1.82, 2.24) is 10.3 Å². The van der Waals surface area contributed by atoms with Gasteiger partial charge in [0, 0.05) is 6.20 Å². The summed E-state index contributed by atoms with van der Waals surface area (Å²) in [5, 5.41) is 2.81. The summed E-state index contributed by atoms with van der Waals surface area (Å²) in [4.78, 5) is 26.8. The van der Waals surface area contributed by atoms with Gasteiger partial charge in [-0.25, -0.2) is 9.78 Å². The van der Waals surface area contributed by atoms with E-state index in [1.54, 1.807) is 45.2 Å². The summed E-state index contributed by atoms with van der Waals surface area (Å²) in [6.45, 7) is 5.20. The van der Waals surface area contributed by atoms with E-state index in [4.69, 9.17) is 4.74 Å². The third kappa shape index (κ3) is 6.24. The van der Waals surface area contributed by atoms with E-state index >= 15 is 0 Å². The van der Waals surface area contributed by atoms with Crippen LogP contribution >= 0.6 is 11.8 Å². The fraction of sp³-hybridized carbons (Fsp3) is 0.417. The molecule has 0 spiro atoms. The largest absolute Gasteiger partial charge is 0.444 e. The van der Waals surface area contributed by atoms with Crippen LogP contribution < -0.4 is 5.32 Å². The molecular weight excluding hydrogens is 252 g/mol. The molecule has 1 heterocycles. The van der Waals surface area contributed by atoms with Crippen LogP contribution in [0.4, 0.5) is 4.79 Å². The van der Waals surface area contributed by atoms with Crippen LogP contribution in [0.1, 0.15) is 20.8 Å². The lowest BCUT2D eigenvalue weighted by Gasteiger charge is -2.19. The Labute approximate surface area is 110 Å². The van der Waals surface area contributed by atoms with Gasteiger partial charge in [0.1, 0.15) is 10.6 Å². The van der Waals surface area contributed by atoms with Crippen LogP contribution in [0.15, 0.2) is 29.4 Å². The van der Waals surface area contributed by atoms with Gasteiger partial charge < -0.3 is 10.1 Å². The molecule has 1 N–H and O–H groups in total. The summed E-state index contributed by atoms with van der Waals surface area (Å²) >= 11 is 0.983. The van der Waals surface area contributed by atoms with E-state index in [-0.39, 0.29) is 11.7 Å².